The van der Waals surface area contributed by atoms with Crippen molar-refractivity contribution in [1.29, 1.82) is 5.26 Å². The number of hydrogen-bond acceptors (Lipinski definition) is 4. The van der Waals surface area contributed by atoms with Crippen LogP contribution in [0.3, 0.4) is 0 Å². The van der Waals surface area contributed by atoms with E-state index in [1.807, 2.05) is 37.5 Å². The summed E-state index contributed by atoms with van der Waals surface area (Å²) in [7, 11) is 3.74. The lowest BCUT2D eigenvalue weighted by Crippen LogP contribution is -2.11. The first kappa shape index (κ1) is 20.7. The second-order valence-electron chi connectivity index (χ2n) is 6.78. The fourth-order valence-electron chi connectivity index (χ4n) is 3.50. The lowest BCUT2D eigenvalue weighted by Gasteiger charge is -2.24. The Labute approximate surface area is 174 Å². The third-order valence-corrected chi connectivity index (χ3v) is 5.54. The van der Waals surface area contributed by atoms with E-state index < -0.39 is 0 Å². The van der Waals surface area contributed by atoms with Crippen molar-refractivity contribution >= 4 is 29.4 Å². The van der Waals surface area contributed by atoms with E-state index in [2.05, 4.69) is 18.2 Å². The van der Waals surface area contributed by atoms with Crippen LogP contribution in [-0.2, 0) is 24.0 Å². The molecular weight excluding hydrogens is 385 g/mol. The maximum absolute atomic E-state index is 13.4. The lowest BCUT2D eigenvalue weighted by molar-refractivity contribution is -0.107. The molecule has 0 aliphatic rings. The topological polar surface area (TPSA) is 49.0 Å². The molecule has 0 fully saturated rings. The first-order valence-electron chi connectivity index (χ1n) is 9.13. The normalized spacial score (nSPS) is 10.6. The molecule has 148 valence electrons. The van der Waals surface area contributed by atoms with E-state index >= 15 is 0 Å². The zero-order valence-electron chi connectivity index (χ0n) is 16.6. The highest BCUT2D eigenvalue weighted by Crippen LogP contribution is 2.38. The molecular formula is C23H22FN3OS. The number of nitriles is 1. The van der Waals surface area contributed by atoms with Gasteiger partial charge in [0.2, 0.25) is 0 Å². The smallest absolute Gasteiger partial charge is 0.124 e. The Morgan fingerprint density at radius 1 is 1.21 bits per heavy atom. The van der Waals surface area contributed by atoms with Crippen LogP contribution in [0.25, 0.3) is 11.1 Å². The SMILES string of the molecule is CSCc1ccc(N(C)c2ccc(F)cc2)c(-c2cn(C)c(C#N)c2CC=O)c1. The fraction of sp³-hybridized carbons (Fsp3) is 0.217. The number of hydrogen-bond donors (Lipinski definition) is 0. The molecule has 0 radical (unpaired) electrons. The number of thioether (sulfide) groups is 1. The van der Waals surface area contributed by atoms with Crippen molar-refractivity contribution in [3.8, 4) is 17.2 Å². The Morgan fingerprint density at radius 2 is 1.93 bits per heavy atom. The molecule has 3 aromatic rings. The van der Waals surface area contributed by atoms with Crippen molar-refractivity contribution in [2.24, 2.45) is 7.05 Å². The van der Waals surface area contributed by atoms with Crippen LogP contribution in [0.4, 0.5) is 15.8 Å². The first-order valence-corrected chi connectivity index (χ1v) is 10.5. The van der Waals surface area contributed by atoms with Crippen LogP contribution in [0.5, 0.6) is 0 Å². The summed E-state index contributed by atoms with van der Waals surface area (Å²) in [5, 5.41) is 9.57. The summed E-state index contributed by atoms with van der Waals surface area (Å²) in [5.41, 5.74) is 5.93. The van der Waals surface area contributed by atoms with Crippen LogP contribution in [-0.4, -0.2) is 24.2 Å². The Kier molecular flexibility index (Phi) is 6.40. The van der Waals surface area contributed by atoms with E-state index in [0.717, 1.165) is 45.7 Å². The predicted molar refractivity (Wildman–Crippen MR) is 117 cm³/mol. The highest BCUT2D eigenvalue weighted by molar-refractivity contribution is 7.97. The summed E-state index contributed by atoms with van der Waals surface area (Å²) in [6.07, 6.45) is 4.95. The van der Waals surface area contributed by atoms with E-state index in [4.69, 9.17) is 0 Å². The summed E-state index contributed by atoms with van der Waals surface area (Å²) >= 11 is 1.73. The second-order valence-corrected chi connectivity index (χ2v) is 7.65. The highest BCUT2D eigenvalue weighted by Gasteiger charge is 2.20. The van der Waals surface area contributed by atoms with Gasteiger partial charge in [-0.3, -0.25) is 0 Å². The van der Waals surface area contributed by atoms with Gasteiger partial charge in [0.05, 0.1) is 0 Å². The number of anilines is 2. The van der Waals surface area contributed by atoms with E-state index in [9.17, 15) is 14.4 Å². The van der Waals surface area contributed by atoms with Crippen molar-refractivity contribution < 1.29 is 9.18 Å². The maximum Gasteiger partial charge on any atom is 0.124 e. The molecule has 0 saturated carbocycles. The molecule has 0 saturated heterocycles. The van der Waals surface area contributed by atoms with Crippen molar-refractivity contribution in [2.45, 2.75) is 12.2 Å². The average molecular weight is 408 g/mol. The molecule has 0 amide bonds. The standard InChI is InChI=1S/C23H22FN3OS/c1-26-14-21(19(10-11-28)23(26)13-25)20-12-16(15-29-3)4-9-22(20)27(2)18-7-5-17(24)6-8-18/h4-9,11-12,14H,10,15H2,1-3H3. The fourth-order valence-corrected chi connectivity index (χ4v) is 4.01. The first-order chi connectivity index (χ1) is 14.0. The quantitative estimate of drug-likeness (QED) is 0.513. The predicted octanol–water partition coefficient (Wildman–Crippen LogP) is 5.08. The lowest BCUT2D eigenvalue weighted by atomic mass is 9.97. The zero-order chi connectivity index (χ0) is 21.0. The minimum absolute atomic E-state index is 0.172. The summed E-state index contributed by atoms with van der Waals surface area (Å²) in [4.78, 5) is 13.3. The van der Waals surface area contributed by atoms with E-state index in [1.165, 1.54) is 12.1 Å². The molecule has 0 bridgehead atoms. The van der Waals surface area contributed by atoms with E-state index in [-0.39, 0.29) is 12.2 Å². The van der Waals surface area contributed by atoms with Gasteiger partial charge in [-0.1, -0.05) is 6.07 Å². The average Bonchev–Trinajstić information content (AvgIpc) is 3.03. The molecule has 3 rings (SSSR count). The van der Waals surface area contributed by atoms with Gasteiger partial charge >= 0.3 is 0 Å². The number of carbonyl (C=O) groups is 1. The van der Waals surface area contributed by atoms with Gasteiger partial charge in [-0.25, -0.2) is 4.39 Å². The number of benzene rings is 2. The van der Waals surface area contributed by atoms with Crippen molar-refractivity contribution in [2.75, 3.05) is 18.2 Å². The molecule has 1 heterocycles. The molecule has 2 aromatic carbocycles. The van der Waals surface area contributed by atoms with Gasteiger partial charge in [0.1, 0.15) is 23.9 Å². The molecule has 4 nitrogen and oxygen atoms in total. The number of halogens is 1. The third kappa shape index (κ3) is 4.20. The molecule has 0 spiro atoms. The molecule has 0 aliphatic heterocycles. The van der Waals surface area contributed by atoms with Gasteiger partial charge < -0.3 is 14.3 Å². The molecule has 0 unspecified atom stereocenters. The van der Waals surface area contributed by atoms with Crippen molar-refractivity contribution in [3.05, 3.63) is 71.3 Å². The Balaban J connectivity index is 2.21. The van der Waals surface area contributed by atoms with Crippen LogP contribution >= 0.6 is 11.8 Å². The maximum atomic E-state index is 13.4. The molecule has 0 aliphatic carbocycles. The number of rotatable bonds is 7. The summed E-state index contributed by atoms with van der Waals surface area (Å²) in [5.74, 6) is 0.571. The Morgan fingerprint density at radius 3 is 2.55 bits per heavy atom. The monoisotopic (exact) mass is 407 g/mol. The Hall–Kier alpha value is -3.04. The number of aldehydes is 1. The minimum Gasteiger partial charge on any atom is -0.344 e. The molecule has 0 atom stereocenters. The summed E-state index contributed by atoms with van der Waals surface area (Å²) in [6.45, 7) is 0. The van der Waals surface area contributed by atoms with Gasteiger partial charge in [-0.15, -0.1) is 0 Å². The number of nitrogens with zero attached hydrogens (tertiary/aromatic N) is 3. The van der Waals surface area contributed by atoms with Gasteiger partial charge in [0.15, 0.2) is 0 Å². The molecule has 0 N–H and O–H groups in total. The zero-order valence-corrected chi connectivity index (χ0v) is 17.5. The van der Waals surface area contributed by atoms with Crippen LogP contribution in [0.1, 0.15) is 16.8 Å². The van der Waals surface area contributed by atoms with Crippen LogP contribution in [0.2, 0.25) is 0 Å². The van der Waals surface area contributed by atoms with Gasteiger partial charge in [0.25, 0.3) is 0 Å². The molecule has 1 aromatic heterocycles. The number of aryl methyl sites for hydroxylation is 1. The molecule has 6 heteroatoms. The second kappa shape index (κ2) is 8.97. The van der Waals surface area contributed by atoms with Gasteiger partial charge in [-0.05, 0) is 48.2 Å². The number of aromatic nitrogens is 1. The molecule has 29 heavy (non-hydrogen) atoms. The summed E-state index contributed by atoms with van der Waals surface area (Å²) in [6, 6.07) is 14.7. The summed E-state index contributed by atoms with van der Waals surface area (Å²) < 4.78 is 15.1. The van der Waals surface area contributed by atoms with Crippen molar-refractivity contribution in [1.82, 2.24) is 4.57 Å². The minimum atomic E-state index is -0.285. The van der Waals surface area contributed by atoms with Crippen molar-refractivity contribution in [3.63, 3.8) is 0 Å². The Bertz CT molecular complexity index is 1070. The van der Waals surface area contributed by atoms with Crippen LogP contribution in [0, 0.1) is 17.1 Å². The van der Waals surface area contributed by atoms with E-state index in [1.54, 1.807) is 28.5 Å². The number of carbonyl (C=O) groups excluding carboxylic acids is 1. The van der Waals surface area contributed by atoms with Gasteiger partial charge in [0, 0.05) is 60.5 Å². The van der Waals surface area contributed by atoms with Crippen LogP contribution in [0.15, 0.2) is 48.7 Å². The third-order valence-electron chi connectivity index (χ3n) is 4.92. The van der Waals surface area contributed by atoms with Gasteiger partial charge in [-0.2, -0.15) is 17.0 Å². The highest BCUT2D eigenvalue weighted by atomic mass is 32.2. The largest absolute Gasteiger partial charge is 0.344 e. The van der Waals surface area contributed by atoms with E-state index in [0.29, 0.717) is 5.69 Å². The van der Waals surface area contributed by atoms with Crippen LogP contribution < -0.4 is 4.90 Å².